The normalized spacial score (nSPS) is 10.8. The van der Waals surface area contributed by atoms with Gasteiger partial charge in [-0.3, -0.25) is 9.59 Å². The summed E-state index contributed by atoms with van der Waals surface area (Å²) < 4.78 is 0. The Morgan fingerprint density at radius 1 is 1.30 bits per heavy atom. The first-order chi connectivity index (χ1) is 9.40. The lowest BCUT2D eigenvalue weighted by molar-refractivity contribution is -0.128. The minimum absolute atomic E-state index is 0.113. The molecule has 0 aliphatic rings. The van der Waals surface area contributed by atoms with E-state index >= 15 is 0 Å². The zero-order valence-electron chi connectivity index (χ0n) is 12.4. The van der Waals surface area contributed by atoms with Crippen molar-refractivity contribution in [2.45, 2.75) is 20.8 Å². The van der Waals surface area contributed by atoms with E-state index in [1.54, 1.807) is 33.0 Å². The second-order valence-corrected chi connectivity index (χ2v) is 5.11. The number of nitrogens with zero attached hydrogens (tertiary/aromatic N) is 1. The van der Waals surface area contributed by atoms with Crippen LogP contribution >= 0.6 is 0 Å². The molecule has 0 bridgehead atoms. The Hall–Kier alpha value is -2.11. The standard InChI is InChI=1S/C14H22N4O2/c1-5-16-11-7-6-10(8-17-11)12(19)18-9-14(2,3)13(20)15-4/h6-8H,5,9H2,1-4H3,(H,15,20)(H,16,17)(H,18,19). The van der Waals surface area contributed by atoms with Crippen molar-refractivity contribution in [2.24, 2.45) is 5.41 Å². The summed E-state index contributed by atoms with van der Waals surface area (Å²) in [6.07, 6.45) is 1.51. The molecule has 0 atom stereocenters. The van der Waals surface area contributed by atoms with Gasteiger partial charge in [0.25, 0.3) is 5.91 Å². The van der Waals surface area contributed by atoms with Crippen LogP contribution in [-0.4, -0.2) is 36.9 Å². The highest BCUT2D eigenvalue weighted by Gasteiger charge is 2.27. The molecule has 1 aromatic rings. The molecule has 0 saturated carbocycles. The van der Waals surface area contributed by atoms with E-state index in [0.717, 1.165) is 12.4 Å². The van der Waals surface area contributed by atoms with Gasteiger partial charge < -0.3 is 16.0 Å². The maximum absolute atomic E-state index is 12.0. The van der Waals surface area contributed by atoms with Gasteiger partial charge in [0.05, 0.1) is 11.0 Å². The molecule has 6 nitrogen and oxygen atoms in total. The molecule has 0 spiro atoms. The maximum atomic E-state index is 12.0. The average molecular weight is 278 g/mol. The van der Waals surface area contributed by atoms with Crippen LogP contribution in [0.1, 0.15) is 31.1 Å². The highest BCUT2D eigenvalue weighted by molar-refractivity contribution is 5.94. The highest BCUT2D eigenvalue weighted by Crippen LogP contribution is 2.13. The Balaban J connectivity index is 2.61. The average Bonchev–Trinajstić information content (AvgIpc) is 2.45. The Morgan fingerprint density at radius 3 is 2.50 bits per heavy atom. The van der Waals surface area contributed by atoms with Gasteiger partial charge in [0.15, 0.2) is 0 Å². The van der Waals surface area contributed by atoms with Gasteiger partial charge in [0.1, 0.15) is 5.82 Å². The Morgan fingerprint density at radius 2 is 2.00 bits per heavy atom. The summed E-state index contributed by atoms with van der Waals surface area (Å²) >= 11 is 0. The fraction of sp³-hybridized carbons (Fsp3) is 0.500. The van der Waals surface area contributed by atoms with Crippen LogP contribution in [0.25, 0.3) is 0 Å². The zero-order valence-corrected chi connectivity index (χ0v) is 12.4. The number of rotatable bonds is 6. The van der Waals surface area contributed by atoms with Crippen LogP contribution in [0, 0.1) is 5.41 Å². The van der Waals surface area contributed by atoms with Crippen LogP contribution in [0.2, 0.25) is 0 Å². The smallest absolute Gasteiger partial charge is 0.252 e. The monoisotopic (exact) mass is 278 g/mol. The largest absolute Gasteiger partial charge is 0.370 e. The van der Waals surface area contributed by atoms with Crippen molar-refractivity contribution in [3.63, 3.8) is 0 Å². The summed E-state index contributed by atoms with van der Waals surface area (Å²) in [5, 5.41) is 8.38. The lowest BCUT2D eigenvalue weighted by Gasteiger charge is -2.22. The van der Waals surface area contributed by atoms with Gasteiger partial charge in [-0.25, -0.2) is 4.98 Å². The molecule has 0 fully saturated rings. The van der Waals surface area contributed by atoms with Crippen LogP contribution in [0.15, 0.2) is 18.3 Å². The van der Waals surface area contributed by atoms with Crippen LogP contribution in [0.5, 0.6) is 0 Å². The van der Waals surface area contributed by atoms with E-state index in [1.807, 2.05) is 6.92 Å². The van der Waals surface area contributed by atoms with Crippen molar-refractivity contribution in [1.29, 1.82) is 0 Å². The summed E-state index contributed by atoms with van der Waals surface area (Å²) in [5.74, 6) is 0.380. The van der Waals surface area contributed by atoms with Gasteiger partial charge in [-0.05, 0) is 32.9 Å². The third-order valence-corrected chi connectivity index (χ3v) is 2.92. The van der Waals surface area contributed by atoms with Crippen molar-refractivity contribution in [2.75, 3.05) is 25.5 Å². The quantitative estimate of drug-likeness (QED) is 0.725. The first kappa shape index (κ1) is 15.9. The molecule has 3 N–H and O–H groups in total. The van der Waals surface area contributed by atoms with Crippen LogP contribution in [-0.2, 0) is 4.79 Å². The summed E-state index contributed by atoms with van der Waals surface area (Å²) in [4.78, 5) is 27.7. The van der Waals surface area contributed by atoms with Gasteiger partial charge in [0.2, 0.25) is 5.91 Å². The number of aromatic nitrogens is 1. The number of anilines is 1. The van der Waals surface area contributed by atoms with Gasteiger partial charge in [-0.2, -0.15) is 0 Å². The van der Waals surface area contributed by atoms with E-state index in [1.165, 1.54) is 6.20 Å². The second-order valence-electron chi connectivity index (χ2n) is 5.11. The number of amides is 2. The summed E-state index contributed by atoms with van der Waals surface area (Å²) in [6, 6.07) is 3.45. The Kier molecular flexibility index (Phi) is 5.49. The molecule has 20 heavy (non-hydrogen) atoms. The van der Waals surface area contributed by atoms with E-state index < -0.39 is 5.41 Å². The SMILES string of the molecule is CCNc1ccc(C(=O)NCC(C)(C)C(=O)NC)cn1. The third-order valence-electron chi connectivity index (χ3n) is 2.92. The minimum atomic E-state index is -0.651. The molecule has 0 aliphatic heterocycles. The first-order valence-electron chi connectivity index (χ1n) is 6.61. The maximum Gasteiger partial charge on any atom is 0.252 e. The number of carbonyl (C=O) groups excluding carboxylic acids is 2. The Labute approximate surface area is 119 Å². The number of hydrogen-bond donors (Lipinski definition) is 3. The van der Waals surface area contributed by atoms with Crippen molar-refractivity contribution in [3.8, 4) is 0 Å². The lowest BCUT2D eigenvalue weighted by Crippen LogP contribution is -2.43. The van der Waals surface area contributed by atoms with Crippen molar-refractivity contribution < 1.29 is 9.59 Å². The molecule has 0 unspecified atom stereocenters. The molecule has 6 heteroatoms. The number of carbonyl (C=O) groups is 2. The van der Waals surface area contributed by atoms with Crippen molar-refractivity contribution in [1.82, 2.24) is 15.6 Å². The van der Waals surface area contributed by atoms with E-state index in [-0.39, 0.29) is 18.4 Å². The van der Waals surface area contributed by atoms with Gasteiger partial charge in [0, 0.05) is 26.3 Å². The molecule has 0 saturated heterocycles. The molecule has 0 aliphatic carbocycles. The van der Waals surface area contributed by atoms with Gasteiger partial charge in [-0.15, -0.1) is 0 Å². The minimum Gasteiger partial charge on any atom is -0.370 e. The van der Waals surface area contributed by atoms with E-state index in [9.17, 15) is 9.59 Å². The predicted molar refractivity (Wildman–Crippen MR) is 78.6 cm³/mol. The Bertz CT molecular complexity index is 469. The zero-order chi connectivity index (χ0) is 15.2. The molecule has 1 heterocycles. The number of pyridine rings is 1. The first-order valence-corrected chi connectivity index (χ1v) is 6.61. The summed E-state index contributed by atoms with van der Waals surface area (Å²) in [7, 11) is 1.58. The highest BCUT2D eigenvalue weighted by atomic mass is 16.2. The molecule has 2 amide bonds. The van der Waals surface area contributed by atoms with Gasteiger partial charge >= 0.3 is 0 Å². The summed E-state index contributed by atoms with van der Waals surface area (Å²) in [6.45, 7) is 6.57. The van der Waals surface area contributed by atoms with E-state index in [0.29, 0.717) is 5.56 Å². The number of hydrogen-bond acceptors (Lipinski definition) is 4. The van der Waals surface area contributed by atoms with Crippen molar-refractivity contribution >= 4 is 17.6 Å². The molecular formula is C14H22N4O2. The molecular weight excluding hydrogens is 256 g/mol. The molecule has 110 valence electrons. The molecule has 0 aromatic carbocycles. The molecule has 0 radical (unpaired) electrons. The summed E-state index contributed by atoms with van der Waals surface area (Å²) in [5.41, 5.74) is -0.180. The lowest BCUT2D eigenvalue weighted by atomic mass is 9.92. The van der Waals surface area contributed by atoms with Crippen molar-refractivity contribution in [3.05, 3.63) is 23.9 Å². The fourth-order valence-electron chi connectivity index (χ4n) is 1.64. The predicted octanol–water partition coefficient (Wildman–Crippen LogP) is 1.02. The van der Waals surface area contributed by atoms with E-state index in [2.05, 4.69) is 20.9 Å². The topological polar surface area (TPSA) is 83.1 Å². The van der Waals surface area contributed by atoms with Crippen LogP contribution < -0.4 is 16.0 Å². The van der Waals surface area contributed by atoms with Gasteiger partial charge in [-0.1, -0.05) is 0 Å². The molecule has 1 aromatic heterocycles. The number of nitrogens with one attached hydrogen (secondary N) is 3. The van der Waals surface area contributed by atoms with Crippen LogP contribution in [0.3, 0.4) is 0 Å². The third kappa shape index (κ3) is 4.22. The fourth-order valence-corrected chi connectivity index (χ4v) is 1.64. The van der Waals surface area contributed by atoms with Crippen LogP contribution in [0.4, 0.5) is 5.82 Å². The molecule has 1 rings (SSSR count). The second kappa shape index (κ2) is 6.88. The van der Waals surface area contributed by atoms with E-state index in [4.69, 9.17) is 0 Å².